The summed E-state index contributed by atoms with van der Waals surface area (Å²) in [5.74, 6) is 0.175. The maximum atomic E-state index is 11.3. The molecule has 0 saturated carbocycles. The summed E-state index contributed by atoms with van der Waals surface area (Å²) in [7, 11) is -0.731. The van der Waals surface area contributed by atoms with Gasteiger partial charge < -0.3 is 10.2 Å². The van der Waals surface area contributed by atoms with Gasteiger partial charge in [0, 0.05) is 16.4 Å². The van der Waals surface area contributed by atoms with Crippen LogP contribution in [0.15, 0.2) is 23.8 Å². The number of hydrogen-bond acceptors (Lipinski definition) is 3. The molecule has 3 nitrogen and oxygen atoms in total. The molecule has 0 amide bonds. The zero-order valence-corrected chi connectivity index (χ0v) is 11.5. The summed E-state index contributed by atoms with van der Waals surface area (Å²) in [6, 6.07) is 5.58. The molecule has 0 aromatic heterocycles. The molecule has 0 fully saturated rings. The molecule has 1 aliphatic carbocycles. The van der Waals surface area contributed by atoms with E-state index in [0.717, 1.165) is 12.0 Å². The number of fused-ring (bicyclic) bond motifs is 1. The van der Waals surface area contributed by atoms with Crippen molar-refractivity contribution in [3.05, 3.63) is 40.5 Å². The second-order valence-electron chi connectivity index (χ2n) is 4.33. The molecule has 96 valence electrons. The number of aliphatic hydroxyl groups is 2. The summed E-state index contributed by atoms with van der Waals surface area (Å²) in [5, 5.41) is 21.1. The highest BCUT2D eigenvalue weighted by Gasteiger charge is 2.30. The SMILES string of the molecule is CCC1=C(O)c2c(CC)cccc2C(O)C1=[PH]=O. The number of aryl methyl sites for hydroxylation is 1. The van der Waals surface area contributed by atoms with Gasteiger partial charge in [-0.2, -0.15) is 0 Å². The van der Waals surface area contributed by atoms with Gasteiger partial charge in [0.25, 0.3) is 0 Å². The van der Waals surface area contributed by atoms with Crippen LogP contribution in [0.5, 0.6) is 0 Å². The highest BCUT2D eigenvalue weighted by atomic mass is 31.0. The summed E-state index contributed by atoms with van der Waals surface area (Å²) >= 11 is 0. The van der Waals surface area contributed by atoms with E-state index in [0.29, 0.717) is 28.4 Å². The minimum atomic E-state index is -0.867. The molecule has 0 bridgehead atoms. The van der Waals surface area contributed by atoms with E-state index in [4.69, 9.17) is 0 Å². The summed E-state index contributed by atoms with van der Waals surface area (Å²) < 4.78 is 11.3. The van der Waals surface area contributed by atoms with Crippen molar-refractivity contribution in [3.8, 4) is 0 Å². The van der Waals surface area contributed by atoms with E-state index in [1.54, 1.807) is 6.07 Å². The van der Waals surface area contributed by atoms with Crippen LogP contribution in [0.3, 0.4) is 0 Å². The number of benzene rings is 1. The number of rotatable bonds is 2. The monoisotopic (exact) mass is 264 g/mol. The smallest absolute Gasteiger partial charge is 0.127 e. The summed E-state index contributed by atoms with van der Waals surface area (Å²) in [6.07, 6.45) is 0.477. The molecule has 2 rings (SSSR count). The first-order valence-corrected chi connectivity index (χ1v) is 7.04. The minimum absolute atomic E-state index is 0.175. The van der Waals surface area contributed by atoms with Gasteiger partial charge in [-0.15, -0.1) is 0 Å². The standard InChI is InChI=1S/C14H17O3P/c1-3-8-6-5-7-10-11(8)12(15)9(4-2)14(18-17)13(10)16/h5-7,13,15-16,18H,3-4H2,1-2H3. The molecule has 18 heavy (non-hydrogen) atoms. The Bertz CT molecular complexity index is 568. The molecule has 0 heterocycles. The van der Waals surface area contributed by atoms with E-state index in [-0.39, 0.29) is 5.76 Å². The van der Waals surface area contributed by atoms with E-state index in [9.17, 15) is 14.8 Å². The highest BCUT2D eigenvalue weighted by Crippen LogP contribution is 2.38. The number of aliphatic hydroxyl groups excluding tert-OH is 2. The van der Waals surface area contributed by atoms with Gasteiger partial charge in [0.1, 0.15) is 11.9 Å². The normalized spacial score (nSPS) is 19.3. The Morgan fingerprint density at radius 3 is 2.56 bits per heavy atom. The molecule has 0 spiro atoms. The Kier molecular flexibility index (Phi) is 3.74. The fraction of sp³-hybridized carbons (Fsp3) is 0.357. The second kappa shape index (κ2) is 5.13. The maximum absolute atomic E-state index is 11.3. The lowest BCUT2D eigenvalue weighted by Crippen LogP contribution is -2.21. The molecule has 0 saturated heterocycles. The van der Waals surface area contributed by atoms with Crippen LogP contribution >= 0.6 is 8.08 Å². The molecular formula is C14H17O3P. The van der Waals surface area contributed by atoms with Crippen LogP contribution in [0.4, 0.5) is 0 Å². The molecular weight excluding hydrogens is 247 g/mol. The topological polar surface area (TPSA) is 57.5 Å². The molecule has 2 atom stereocenters. The van der Waals surface area contributed by atoms with Gasteiger partial charge in [0.2, 0.25) is 0 Å². The van der Waals surface area contributed by atoms with Gasteiger partial charge in [0.15, 0.2) is 0 Å². The van der Waals surface area contributed by atoms with Crippen LogP contribution in [0.1, 0.15) is 43.1 Å². The first kappa shape index (κ1) is 13.1. The van der Waals surface area contributed by atoms with Crippen LogP contribution in [-0.2, 0) is 11.0 Å². The van der Waals surface area contributed by atoms with E-state index in [2.05, 4.69) is 0 Å². The predicted molar refractivity (Wildman–Crippen MR) is 74.6 cm³/mol. The van der Waals surface area contributed by atoms with Gasteiger partial charge >= 0.3 is 0 Å². The van der Waals surface area contributed by atoms with Crippen molar-refractivity contribution in [2.45, 2.75) is 32.8 Å². The van der Waals surface area contributed by atoms with Gasteiger partial charge in [-0.1, -0.05) is 32.0 Å². The quantitative estimate of drug-likeness (QED) is 0.807. The van der Waals surface area contributed by atoms with Crippen molar-refractivity contribution in [2.75, 3.05) is 0 Å². The Labute approximate surface area is 108 Å². The second-order valence-corrected chi connectivity index (χ2v) is 5.08. The molecule has 0 aliphatic heterocycles. The van der Waals surface area contributed by atoms with Gasteiger partial charge in [-0.05, 0) is 24.0 Å². The van der Waals surface area contributed by atoms with Crippen molar-refractivity contribution in [1.82, 2.24) is 0 Å². The van der Waals surface area contributed by atoms with E-state index >= 15 is 0 Å². The van der Waals surface area contributed by atoms with Gasteiger partial charge in [0.05, 0.1) is 8.08 Å². The Hall–Kier alpha value is -1.31. The van der Waals surface area contributed by atoms with Crippen LogP contribution in [0.2, 0.25) is 0 Å². The molecule has 1 aromatic rings. The molecule has 4 heteroatoms. The highest BCUT2D eigenvalue weighted by molar-refractivity contribution is 7.28. The molecule has 0 radical (unpaired) electrons. The van der Waals surface area contributed by atoms with Gasteiger partial charge in [-0.3, -0.25) is 4.57 Å². The number of hydrogen-bond donors (Lipinski definition) is 2. The average molecular weight is 264 g/mol. The first-order valence-electron chi connectivity index (χ1n) is 6.13. The fourth-order valence-electron chi connectivity index (χ4n) is 2.51. The molecule has 1 aliphatic rings. The minimum Gasteiger partial charge on any atom is -0.507 e. The predicted octanol–water partition coefficient (Wildman–Crippen LogP) is 3.17. The van der Waals surface area contributed by atoms with Crippen LogP contribution in [0.25, 0.3) is 5.76 Å². The van der Waals surface area contributed by atoms with E-state index in [1.165, 1.54) is 0 Å². The Morgan fingerprint density at radius 1 is 1.28 bits per heavy atom. The van der Waals surface area contributed by atoms with Crippen molar-refractivity contribution in [3.63, 3.8) is 0 Å². The van der Waals surface area contributed by atoms with Crippen molar-refractivity contribution >= 4 is 19.1 Å². The van der Waals surface area contributed by atoms with Crippen molar-refractivity contribution < 1.29 is 14.8 Å². The maximum Gasteiger partial charge on any atom is 0.127 e. The lowest BCUT2D eigenvalue weighted by molar-refractivity contribution is 0.247. The third kappa shape index (κ3) is 1.84. The largest absolute Gasteiger partial charge is 0.507 e. The summed E-state index contributed by atoms with van der Waals surface area (Å²) in [6.45, 7) is 3.90. The third-order valence-electron chi connectivity index (χ3n) is 3.44. The lowest BCUT2D eigenvalue weighted by Gasteiger charge is -2.26. The Balaban J connectivity index is 2.80. The molecule has 1 aromatic carbocycles. The zero-order valence-electron chi connectivity index (χ0n) is 10.5. The zero-order chi connectivity index (χ0) is 13.3. The van der Waals surface area contributed by atoms with Crippen LogP contribution in [-0.4, -0.2) is 15.5 Å². The first-order chi connectivity index (χ1) is 8.65. The van der Waals surface area contributed by atoms with E-state index < -0.39 is 14.2 Å². The fourth-order valence-corrected chi connectivity index (χ4v) is 3.19. The van der Waals surface area contributed by atoms with Crippen molar-refractivity contribution in [1.29, 1.82) is 0 Å². The molecule has 2 unspecified atom stereocenters. The average Bonchev–Trinajstić information content (AvgIpc) is 2.41. The third-order valence-corrected chi connectivity index (χ3v) is 4.24. The van der Waals surface area contributed by atoms with Crippen LogP contribution in [0, 0.1) is 0 Å². The summed E-state index contributed by atoms with van der Waals surface area (Å²) in [4.78, 5) is 0. The summed E-state index contributed by atoms with van der Waals surface area (Å²) in [5.41, 5.74) is 2.99. The van der Waals surface area contributed by atoms with E-state index in [1.807, 2.05) is 26.0 Å². The lowest BCUT2D eigenvalue weighted by atomic mass is 9.84. The molecule has 2 N–H and O–H groups in total. The Morgan fingerprint density at radius 2 is 2.00 bits per heavy atom. The van der Waals surface area contributed by atoms with Crippen molar-refractivity contribution in [2.24, 2.45) is 0 Å². The van der Waals surface area contributed by atoms with Crippen LogP contribution < -0.4 is 0 Å². The van der Waals surface area contributed by atoms with Gasteiger partial charge in [-0.25, -0.2) is 0 Å².